The lowest BCUT2D eigenvalue weighted by Gasteiger charge is -2.25. The Balaban J connectivity index is 1.67. The third kappa shape index (κ3) is 2.90. The highest BCUT2D eigenvalue weighted by Crippen LogP contribution is 2.29. The summed E-state index contributed by atoms with van der Waals surface area (Å²) < 4.78 is 19.0. The monoisotopic (exact) mass is 300 g/mol. The van der Waals surface area contributed by atoms with Gasteiger partial charge in [-0.05, 0) is 24.3 Å². The Labute approximate surface area is 126 Å². The van der Waals surface area contributed by atoms with Gasteiger partial charge in [-0.3, -0.25) is 9.59 Å². The summed E-state index contributed by atoms with van der Waals surface area (Å²) >= 11 is 0. The molecule has 0 radical (unpaired) electrons. The Hall–Kier alpha value is -2.89. The maximum Gasteiger partial charge on any atom is 0.266 e. The molecule has 1 aliphatic heterocycles. The van der Waals surface area contributed by atoms with E-state index in [0.717, 1.165) is 0 Å². The van der Waals surface area contributed by atoms with Crippen molar-refractivity contribution >= 4 is 23.2 Å². The van der Waals surface area contributed by atoms with Crippen LogP contribution in [0.3, 0.4) is 0 Å². The zero-order valence-corrected chi connectivity index (χ0v) is 11.5. The standard InChI is InChI=1S/C16H13FN2O3/c17-10-5-1-2-6-11(10)18-15(20)9-14-16(21)19-12-7-3-4-8-13(12)22-14/h1-8,14H,9H2,(H,18,20)(H,19,21)/t14-/m0/s1. The van der Waals surface area contributed by atoms with Crippen molar-refractivity contribution in [2.24, 2.45) is 0 Å². The van der Waals surface area contributed by atoms with Crippen molar-refractivity contribution in [1.82, 2.24) is 0 Å². The lowest BCUT2D eigenvalue weighted by atomic mass is 10.1. The number of halogens is 1. The van der Waals surface area contributed by atoms with E-state index in [-0.39, 0.29) is 12.1 Å². The molecule has 2 aromatic carbocycles. The van der Waals surface area contributed by atoms with Crippen molar-refractivity contribution in [3.8, 4) is 5.75 Å². The topological polar surface area (TPSA) is 67.4 Å². The van der Waals surface area contributed by atoms with Gasteiger partial charge in [-0.25, -0.2) is 4.39 Å². The van der Waals surface area contributed by atoms with Crippen molar-refractivity contribution in [3.63, 3.8) is 0 Å². The number of benzene rings is 2. The predicted molar refractivity (Wildman–Crippen MR) is 79.1 cm³/mol. The first-order chi connectivity index (χ1) is 10.6. The molecule has 2 N–H and O–H groups in total. The smallest absolute Gasteiger partial charge is 0.266 e. The molecular weight excluding hydrogens is 287 g/mol. The second-order valence-corrected chi connectivity index (χ2v) is 4.82. The van der Waals surface area contributed by atoms with E-state index in [1.165, 1.54) is 18.2 Å². The van der Waals surface area contributed by atoms with Gasteiger partial charge in [-0.15, -0.1) is 0 Å². The number of rotatable bonds is 3. The molecule has 3 rings (SSSR count). The number of carbonyl (C=O) groups excluding carboxylic acids is 2. The number of ether oxygens (including phenoxy) is 1. The van der Waals surface area contributed by atoms with Gasteiger partial charge in [0, 0.05) is 0 Å². The Morgan fingerprint density at radius 1 is 1.18 bits per heavy atom. The molecule has 1 aliphatic rings. The van der Waals surface area contributed by atoms with Gasteiger partial charge < -0.3 is 15.4 Å². The molecule has 0 spiro atoms. The number of amides is 2. The van der Waals surface area contributed by atoms with Crippen LogP contribution in [0.1, 0.15) is 6.42 Å². The molecule has 1 atom stereocenters. The molecule has 0 bridgehead atoms. The Morgan fingerprint density at radius 3 is 2.73 bits per heavy atom. The van der Waals surface area contributed by atoms with Crippen LogP contribution in [0.4, 0.5) is 15.8 Å². The van der Waals surface area contributed by atoms with E-state index in [4.69, 9.17) is 4.74 Å². The maximum absolute atomic E-state index is 13.5. The first-order valence-electron chi connectivity index (χ1n) is 6.74. The fraction of sp³-hybridized carbons (Fsp3) is 0.125. The average Bonchev–Trinajstić information content (AvgIpc) is 2.50. The number of carbonyl (C=O) groups is 2. The van der Waals surface area contributed by atoms with E-state index in [1.807, 2.05) is 0 Å². The molecule has 22 heavy (non-hydrogen) atoms. The van der Waals surface area contributed by atoms with Gasteiger partial charge >= 0.3 is 0 Å². The summed E-state index contributed by atoms with van der Waals surface area (Å²) in [6.45, 7) is 0. The fourth-order valence-corrected chi connectivity index (χ4v) is 2.16. The van der Waals surface area contributed by atoms with Crippen LogP contribution in [-0.4, -0.2) is 17.9 Å². The molecule has 6 heteroatoms. The van der Waals surface area contributed by atoms with E-state index in [0.29, 0.717) is 11.4 Å². The van der Waals surface area contributed by atoms with Crippen LogP contribution < -0.4 is 15.4 Å². The minimum absolute atomic E-state index is 0.0733. The van der Waals surface area contributed by atoms with Crippen molar-refractivity contribution < 1.29 is 18.7 Å². The van der Waals surface area contributed by atoms with Gasteiger partial charge in [-0.2, -0.15) is 0 Å². The normalized spacial score (nSPS) is 16.2. The minimum atomic E-state index is -0.943. The Morgan fingerprint density at radius 2 is 1.91 bits per heavy atom. The van der Waals surface area contributed by atoms with E-state index >= 15 is 0 Å². The highest BCUT2D eigenvalue weighted by Gasteiger charge is 2.29. The number of fused-ring (bicyclic) bond motifs is 1. The summed E-state index contributed by atoms with van der Waals surface area (Å²) in [5.74, 6) is -0.923. The van der Waals surface area contributed by atoms with Gasteiger partial charge in [0.05, 0.1) is 17.8 Å². The molecule has 0 saturated heterocycles. The van der Waals surface area contributed by atoms with Gasteiger partial charge in [0.2, 0.25) is 5.91 Å². The van der Waals surface area contributed by atoms with Crippen LogP contribution in [0.25, 0.3) is 0 Å². The summed E-state index contributed by atoms with van der Waals surface area (Å²) in [4.78, 5) is 23.9. The molecule has 0 fully saturated rings. The fourth-order valence-electron chi connectivity index (χ4n) is 2.16. The highest BCUT2D eigenvalue weighted by atomic mass is 19.1. The van der Waals surface area contributed by atoms with Crippen molar-refractivity contribution in [2.75, 3.05) is 10.6 Å². The van der Waals surface area contributed by atoms with Crippen molar-refractivity contribution in [1.29, 1.82) is 0 Å². The Bertz CT molecular complexity index is 733. The van der Waals surface area contributed by atoms with Crippen LogP contribution in [0, 0.1) is 5.82 Å². The zero-order valence-electron chi connectivity index (χ0n) is 11.5. The van der Waals surface area contributed by atoms with Crippen LogP contribution in [0.15, 0.2) is 48.5 Å². The maximum atomic E-state index is 13.5. The summed E-state index contributed by atoms with van der Waals surface area (Å²) in [7, 11) is 0. The average molecular weight is 300 g/mol. The largest absolute Gasteiger partial charge is 0.478 e. The lowest BCUT2D eigenvalue weighted by Crippen LogP contribution is -2.39. The SMILES string of the molecule is O=C(C[C@@H]1Oc2ccccc2NC1=O)Nc1ccccc1F. The third-order valence-electron chi connectivity index (χ3n) is 3.23. The van der Waals surface area contributed by atoms with Gasteiger partial charge in [0.1, 0.15) is 11.6 Å². The first kappa shape index (κ1) is 14.1. The zero-order chi connectivity index (χ0) is 15.5. The van der Waals surface area contributed by atoms with Crippen molar-refractivity contribution in [3.05, 3.63) is 54.3 Å². The van der Waals surface area contributed by atoms with Crippen LogP contribution in [0.5, 0.6) is 5.75 Å². The van der Waals surface area contributed by atoms with Crippen molar-refractivity contribution in [2.45, 2.75) is 12.5 Å². The van der Waals surface area contributed by atoms with E-state index < -0.39 is 23.7 Å². The van der Waals surface area contributed by atoms with Gasteiger partial charge in [0.25, 0.3) is 5.91 Å². The summed E-state index contributed by atoms with van der Waals surface area (Å²) in [5.41, 5.74) is 0.641. The number of hydrogen-bond donors (Lipinski definition) is 2. The van der Waals surface area contributed by atoms with Gasteiger partial charge in [-0.1, -0.05) is 24.3 Å². The first-order valence-corrected chi connectivity index (χ1v) is 6.74. The number of anilines is 2. The molecule has 0 unspecified atom stereocenters. The predicted octanol–water partition coefficient (Wildman–Crippen LogP) is 2.55. The molecule has 1 heterocycles. The molecular formula is C16H13FN2O3. The number of para-hydroxylation sites is 3. The Kier molecular flexibility index (Phi) is 3.74. The molecule has 0 aliphatic carbocycles. The quantitative estimate of drug-likeness (QED) is 0.915. The molecule has 112 valence electrons. The molecule has 0 aromatic heterocycles. The van der Waals surface area contributed by atoms with Crippen LogP contribution in [-0.2, 0) is 9.59 Å². The second-order valence-electron chi connectivity index (χ2n) is 4.82. The van der Waals surface area contributed by atoms with Gasteiger partial charge in [0.15, 0.2) is 6.10 Å². The molecule has 0 saturated carbocycles. The van der Waals surface area contributed by atoms with E-state index in [1.54, 1.807) is 30.3 Å². The second kappa shape index (κ2) is 5.85. The summed E-state index contributed by atoms with van der Waals surface area (Å²) in [6.07, 6.45) is -1.14. The molecule has 2 amide bonds. The van der Waals surface area contributed by atoms with Crippen LogP contribution in [0.2, 0.25) is 0 Å². The van der Waals surface area contributed by atoms with E-state index in [9.17, 15) is 14.0 Å². The summed E-state index contributed by atoms with van der Waals surface area (Å²) in [6, 6.07) is 12.8. The highest BCUT2D eigenvalue weighted by molar-refractivity contribution is 6.01. The number of hydrogen-bond acceptors (Lipinski definition) is 3. The number of nitrogens with one attached hydrogen (secondary N) is 2. The van der Waals surface area contributed by atoms with Crippen LogP contribution >= 0.6 is 0 Å². The van der Waals surface area contributed by atoms with E-state index in [2.05, 4.69) is 10.6 Å². The third-order valence-corrected chi connectivity index (χ3v) is 3.23. The molecule has 5 nitrogen and oxygen atoms in total. The molecule has 2 aromatic rings. The lowest BCUT2D eigenvalue weighted by molar-refractivity contribution is -0.128. The minimum Gasteiger partial charge on any atom is -0.478 e. The summed E-state index contributed by atoms with van der Waals surface area (Å²) in [5, 5.41) is 5.10.